The zero-order chi connectivity index (χ0) is 14.5. The molecule has 104 valence electrons. The molecular weight excluding hydrogens is 282 g/mol. The minimum atomic E-state index is -0.0687. The number of hydrogen-bond donors (Lipinski definition) is 1. The van der Waals surface area contributed by atoms with Gasteiger partial charge >= 0.3 is 0 Å². The van der Waals surface area contributed by atoms with E-state index >= 15 is 0 Å². The van der Waals surface area contributed by atoms with E-state index in [0.29, 0.717) is 12.1 Å². The predicted molar refractivity (Wildman–Crippen MR) is 83.0 cm³/mol. The summed E-state index contributed by atoms with van der Waals surface area (Å²) in [7, 11) is 0. The second-order valence-corrected chi connectivity index (χ2v) is 5.22. The van der Waals surface area contributed by atoms with E-state index in [2.05, 4.69) is 15.3 Å². The fourth-order valence-corrected chi connectivity index (χ4v) is 2.66. The lowest BCUT2D eigenvalue weighted by Gasteiger charge is -2.09. The van der Waals surface area contributed by atoms with Gasteiger partial charge in [0, 0.05) is 41.6 Å². The van der Waals surface area contributed by atoms with Gasteiger partial charge in [0.1, 0.15) is 0 Å². The third-order valence-electron chi connectivity index (χ3n) is 3.07. The zero-order valence-corrected chi connectivity index (χ0v) is 12.0. The van der Waals surface area contributed by atoms with Crippen LogP contribution in [0.4, 0.5) is 0 Å². The summed E-state index contributed by atoms with van der Waals surface area (Å²) in [5.74, 6) is -0.0687. The molecule has 0 radical (unpaired) electrons. The molecule has 0 aliphatic carbocycles. The summed E-state index contributed by atoms with van der Waals surface area (Å²) < 4.78 is 0. The number of amides is 1. The molecule has 0 spiro atoms. The number of rotatable bonds is 4. The molecule has 3 aromatic rings. The van der Waals surface area contributed by atoms with Gasteiger partial charge < -0.3 is 5.32 Å². The Bertz CT molecular complexity index is 726. The van der Waals surface area contributed by atoms with Gasteiger partial charge in [-0.15, -0.1) is 0 Å². The van der Waals surface area contributed by atoms with Gasteiger partial charge in [0.2, 0.25) is 0 Å². The Hall–Kier alpha value is -2.53. The van der Waals surface area contributed by atoms with E-state index in [1.165, 1.54) is 11.3 Å². The second-order valence-electron chi connectivity index (χ2n) is 4.44. The smallest absolute Gasteiger partial charge is 0.252 e. The van der Waals surface area contributed by atoms with Crippen LogP contribution in [0.1, 0.15) is 15.9 Å². The number of nitrogens with one attached hydrogen (secondary N) is 1. The van der Waals surface area contributed by atoms with Crippen LogP contribution in [-0.2, 0) is 6.54 Å². The summed E-state index contributed by atoms with van der Waals surface area (Å²) in [5.41, 5.74) is 3.53. The molecule has 0 aromatic carbocycles. The molecule has 0 saturated carbocycles. The first-order valence-electron chi connectivity index (χ1n) is 6.49. The van der Waals surface area contributed by atoms with Crippen LogP contribution in [0.25, 0.3) is 11.3 Å². The van der Waals surface area contributed by atoms with Crippen molar-refractivity contribution in [3.05, 3.63) is 70.8 Å². The summed E-state index contributed by atoms with van der Waals surface area (Å²) in [5, 5.41) is 6.65. The number of pyridine rings is 2. The molecule has 0 aliphatic rings. The number of carbonyl (C=O) groups is 1. The molecule has 3 aromatic heterocycles. The molecule has 0 bridgehead atoms. The molecule has 5 heteroatoms. The molecular formula is C16H13N3OS. The third kappa shape index (κ3) is 3.14. The number of nitrogens with zero attached hydrogens (tertiary/aromatic N) is 2. The van der Waals surface area contributed by atoms with Gasteiger partial charge in [-0.2, -0.15) is 11.3 Å². The van der Waals surface area contributed by atoms with E-state index in [9.17, 15) is 4.79 Å². The Morgan fingerprint density at radius 1 is 1.14 bits per heavy atom. The summed E-state index contributed by atoms with van der Waals surface area (Å²) in [6, 6.07) is 9.47. The minimum absolute atomic E-state index is 0.0687. The van der Waals surface area contributed by atoms with Crippen molar-refractivity contribution in [2.45, 2.75) is 6.54 Å². The van der Waals surface area contributed by atoms with Crippen molar-refractivity contribution in [3.63, 3.8) is 0 Å². The molecule has 0 fully saturated rings. The van der Waals surface area contributed by atoms with Gasteiger partial charge in [0.15, 0.2) is 0 Å². The highest BCUT2D eigenvalue weighted by atomic mass is 32.1. The molecule has 0 aliphatic heterocycles. The maximum Gasteiger partial charge on any atom is 0.252 e. The lowest BCUT2D eigenvalue weighted by atomic mass is 10.1. The first kappa shape index (κ1) is 13.5. The Morgan fingerprint density at radius 2 is 2.00 bits per heavy atom. The number of hydrogen-bond acceptors (Lipinski definition) is 4. The molecule has 0 atom stereocenters. The lowest BCUT2D eigenvalue weighted by Crippen LogP contribution is -2.22. The summed E-state index contributed by atoms with van der Waals surface area (Å²) in [6.45, 7) is 0.445. The monoisotopic (exact) mass is 295 g/mol. The Morgan fingerprint density at radius 3 is 2.76 bits per heavy atom. The Labute approximate surface area is 126 Å². The van der Waals surface area contributed by atoms with E-state index in [1.807, 2.05) is 41.1 Å². The number of thiophene rings is 1. The predicted octanol–water partition coefficient (Wildman–Crippen LogP) is 3.14. The molecule has 3 rings (SSSR count). The average Bonchev–Trinajstić information content (AvgIpc) is 3.08. The third-order valence-corrected chi connectivity index (χ3v) is 3.75. The van der Waals surface area contributed by atoms with Crippen LogP contribution in [0.2, 0.25) is 0 Å². The van der Waals surface area contributed by atoms with Gasteiger partial charge in [-0.05, 0) is 35.2 Å². The largest absolute Gasteiger partial charge is 0.348 e. The molecule has 21 heavy (non-hydrogen) atoms. The van der Waals surface area contributed by atoms with Gasteiger partial charge in [0.05, 0.1) is 5.69 Å². The van der Waals surface area contributed by atoms with Crippen molar-refractivity contribution in [2.75, 3.05) is 0 Å². The van der Waals surface area contributed by atoms with Crippen LogP contribution in [-0.4, -0.2) is 15.9 Å². The highest BCUT2D eigenvalue weighted by Gasteiger charge is 2.09. The lowest BCUT2D eigenvalue weighted by molar-refractivity contribution is 0.0951. The molecule has 1 amide bonds. The van der Waals surface area contributed by atoms with Crippen LogP contribution in [0.5, 0.6) is 0 Å². The van der Waals surface area contributed by atoms with Crippen molar-refractivity contribution in [1.82, 2.24) is 15.3 Å². The zero-order valence-electron chi connectivity index (χ0n) is 11.2. The van der Waals surface area contributed by atoms with Crippen molar-refractivity contribution >= 4 is 17.2 Å². The van der Waals surface area contributed by atoms with Crippen molar-refractivity contribution in [3.8, 4) is 11.3 Å². The summed E-state index contributed by atoms with van der Waals surface area (Å²) in [6.07, 6.45) is 5.22. The van der Waals surface area contributed by atoms with E-state index in [1.54, 1.807) is 18.6 Å². The maximum absolute atomic E-state index is 12.0. The van der Waals surface area contributed by atoms with Crippen LogP contribution in [0, 0.1) is 0 Å². The average molecular weight is 295 g/mol. The quantitative estimate of drug-likeness (QED) is 0.804. The van der Waals surface area contributed by atoms with Crippen LogP contribution >= 0.6 is 11.3 Å². The number of aromatic nitrogens is 2. The fourth-order valence-electron chi connectivity index (χ4n) is 2.02. The van der Waals surface area contributed by atoms with Gasteiger partial charge in [-0.3, -0.25) is 14.8 Å². The van der Waals surface area contributed by atoms with E-state index in [-0.39, 0.29) is 5.91 Å². The maximum atomic E-state index is 12.0. The first-order chi connectivity index (χ1) is 10.3. The Kier molecular flexibility index (Phi) is 4.02. The van der Waals surface area contributed by atoms with E-state index in [0.717, 1.165) is 16.8 Å². The van der Waals surface area contributed by atoms with E-state index in [4.69, 9.17) is 0 Å². The SMILES string of the molecule is O=C(NCc1cccnc1-c1ccncc1)c1ccsc1. The molecule has 4 nitrogen and oxygen atoms in total. The van der Waals surface area contributed by atoms with Gasteiger partial charge in [-0.25, -0.2) is 0 Å². The van der Waals surface area contributed by atoms with Crippen molar-refractivity contribution < 1.29 is 4.79 Å². The Balaban J connectivity index is 1.79. The highest BCUT2D eigenvalue weighted by Crippen LogP contribution is 2.20. The highest BCUT2D eigenvalue weighted by molar-refractivity contribution is 7.08. The molecule has 1 N–H and O–H groups in total. The normalized spacial score (nSPS) is 10.3. The topological polar surface area (TPSA) is 54.9 Å². The molecule has 0 unspecified atom stereocenters. The molecule has 3 heterocycles. The van der Waals surface area contributed by atoms with Gasteiger partial charge in [0.25, 0.3) is 5.91 Å². The summed E-state index contributed by atoms with van der Waals surface area (Å²) >= 11 is 1.51. The van der Waals surface area contributed by atoms with Crippen molar-refractivity contribution in [2.24, 2.45) is 0 Å². The van der Waals surface area contributed by atoms with Crippen LogP contribution in [0.3, 0.4) is 0 Å². The summed E-state index contributed by atoms with van der Waals surface area (Å²) in [4.78, 5) is 20.4. The number of carbonyl (C=O) groups excluding carboxylic acids is 1. The molecule has 0 saturated heterocycles. The minimum Gasteiger partial charge on any atom is -0.348 e. The first-order valence-corrected chi connectivity index (χ1v) is 7.43. The van der Waals surface area contributed by atoms with E-state index < -0.39 is 0 Å². The van der Waals surface area contributed by atoms with Crippen molar-refractivity contribution in [1.29, 1.82) is 0 Å². The van der Waals surface area contributed by atoms with Crippen LogP contribution < -0.4 is 5.32 Å². The fraction of sp³-hybridized carbons (Fsp3) is 0.0625. The van der Waals surface area contributed by atoms with Crippen LogP contribution in [0.15, 0.2) is 59.7 Å². The second kappa shape index (κ2) is 6.28. The standard InChI is InChI=1S/C16H13N3OS/c20-16(14-5-9-21-11-14)19-10-13-2-1-6-18-15(13)12-3-7-17-8-4-12/h1-9,11H,10H2,(H,19,20). The van der Waals surface area contributed by atoms with Gasteiger partial charge in [-0.1, -0.05) is 6.07 Å².